The summed E-state index contributed by atoms with van der Waals surface area (Å²) in [5.41, 5.74) is 9.52. The van der Waals surface area contributed by atoms with Crippen LogP contribution in [0.3, 0.4) is 0 Å². The number of nitrogen functional groups attached to an aromatic ring is 1. The Kier molecular flexibility index (Phi) is 4.13. The van der Waals surface area contributed by atoms with Crippen LogP contribution < -0.4 is 15.5 Å². The Bertz CT molecular complexity index is 630. The molecule has 5 heteroatoms. The van der Waals surface area contributed by atoms with Crippen LogP contribution in [0, 0.1) is 6.92 Å². The molecule has 0 unspecified atom stereocenters. The van der Waals surface area contributed by atoms with Gasteiger partial charge in [-0.3, -0.25) is 0 Å². The van der Waals surface area contributed by atoms with Gasteiger partial charge in [-0.25, -0.2) is 4.98 Å². The summed E-state index contributed by atoms with van der Waals surface area (Å²) in [5, 5.41) is 0. The Morgan fingerprint density at radius 1 is 1.05 bits per heavy atom. The van der Waals surface area contributed by atoms with Crippen LogP contribution >= 0.6 is 0 Å². The summed E-state index contributed by atoms with van der Waals surface area (Å²) in [7, 11) is 0. The second-order valence-electron chi connectivity index (χ2n) is 5.74. The molecule has 0 aliphatic carbocycles. The van der Waals surface area contributed by atoms with Gasteiger partial charge in [0.05, 0.1) is 0 Å². The third-order valence-corrected chi connectivity index (χ3v) is 4.22. The zero-order valence-corrected chi connectivity index (χ0v) is 13.3. The summed E-state index contributed by atoms with van der Waals surface area (Å²) in [4.78, 5) is 13.3. The van der Waals surface area contributed by atoms with Crippen molar-refractivity contribution in [1.29, 1.82) is 0 Å². The third-order valence-electron chi connectivity index (χ3n) is 4.22. The van der Waals surface area contributed by atoms with Crippen LogP contribution in [0.1, 0.15) is 18.1 Å². The molecule has 0 radical (unpaired) electrons. The monoisotopic (exact) mass is 297 g/mol. The van der Waals surface area contributed by atoms with Gasteiger partial charge in [-0.1, -0.05) is 24.6 Å². The van der Waals surface area contributed by atoms with Crippen molar-refractivity contribution in [2.75, 3.05) is 41.7 Å². The Labute approximate surface area is 131 Å². The largest absolute Gasteiger partial charge is 0.368 e. The maximum atomic E-state index is 5.76. The average molecular weight is 297 g/mol. The summed E-state index contributed by atoms with van der Waals surface area (Å²) in [6.45, 7) is 8.15. The van der Waals surface area contributed by atoms with Gasteiger partial charge in [0.1, 0.15) is 5.82 Å². The Balaban J connectivity index is 1.71. The van der Waals surface area contributed by atoms with E-state index in [1.54, 1.807) is 0 Å². The van der Waals surface area contributed by atoms with Gasteiger partial charge in [0.2, 0.25) is 5.95 Å². The van der Waals surface area contributed by atoms with Crippen molar-refractivity contribution < 1.29 is 0 Å². The van der Waals surface area contributed by atoms with Gasteiger partial charge >= 0.3 is 0 Å². The van der Waals surface area contributed by atoms with E-state index in [4.69, 9.17) is 5.73 Å². The molecular formula is C17H23N5. The fourth-order valence-electron chi connectivity index (χ4n) is 2.87. The maximum absolute atomic E-state index is 5.76. The lowest BCUT2D eigenvalue weighted by atomic mass is 10.2. The number of nitrogens with two attached hydrogens (primary N) is 1. The summed E-state index contributed by atoms with van der Waals surface area (Å²) in [6, 6.07) is 8.74. The van der Waals surface area contributed by atoms with Crippen LogP contribution in [0.25, 0.3) is 0 Å². The van der Waals surface area contributed by atoms with E-state index in [0.29, 0.717) is 5.95 Å². The second kappa shape index (κ2) is 6.22. The maximum Gasteiger partial charge on any atom is 0.221 e. The van der Waals surface area contributed by atoms with Crippen molar-refractivity contribution in [2.45, 2.75) is 20.3 Å². The van der Waals surface area contributed by atoms with Crippen LogP contribution in [0.15, 0.2) is 30.5 Å². The first kappa shape index (κ1) is 14.6. The smallest absolute Gasteiger partial charge is 0.221 e. The molecule has 0 bridgehead atoms. The molecule has 0 atom stereocenters. The Hall–Kier alpha value is -2.30. The summed E-state index contributed by atoms with van der Waals surface area (Å²) in [5.74, 6) is 1.35. The highest BCUT2D eigenvalue weighted by Gasteiger charge is 2.20. The SMILES string of the molecule is CCc1cnc(N)nc1N1CCN(c2ccc(C)cc2)CC1. The van der Waals surface area contributed by atoms with Crippen LogP contribution in [0.5, 0.6) is 0 Å². The molecule has 0 spiro atoms. The first-order valence-corrected chi connectivity index (χ1v) is 7.85. The number of nitrogens with zero attached hydrogens (tertiary/aromatic N) is 4. The lowest BCUT2D eigenvalue weighted by molar-refractivity contribution is 0.644. The quantitative estimate of drug-likeness (QED) is 0.941. The molecule has 2 heterocycles. The number of hydrogen-bond acceptors (Lipinski definition) is 5. The fraction of sp³-hybridized carbons (Fsp3) is 0.412. The van der Waals surface area contributed by atoms with Gasteiger partial charge in [-0.2, -0.15) is 4.98 Å². The number of rotatable bonds is 3. The third kappa shape index (κ3) is 2.98. The topological polar surface area (TPSA) is 58.3 Å². The molecule has 22 heavy (non-hydrogen) atoms. The number of anilines is 3. The zero-order chi connectivity index (χ0) is 15.5. The van der Waals surface area contributed by atoms with Crippen LogP contribution in [-0.4, -0.2) is 36.1 Å². The molecule has 1 fully saturated rings. The van der Waals surface area contributed by atoms with Crippen LogP contribution in [0.4, 0.5) is 17.5 Å². The lowest BCUT2D eigenvalue weighted by Gasteiger charge is -2.37. The van der Waals surface area contributed by atoms with Gasteiger partial charge in [-0.05, 0) is 25.5 Å². The van der Waals surface area contributed by atoms with Crippen molar-refractivity contribution in [3.05, 3.63) is 41.6 Å². The molecule has 2 aromatic rings. The van der Waals surface area contributed by atoms with E-state index >= 15 is 0 Å². The van der Waals surface area contributed by atoms with E-state index < -0.39 is 0 Å². The fourth-order valence-corrected chi connectivity index (χ4v) is 2.87. The number of aryl methyl sites for hydroxylation is 2. The number of piperazine rings is 1. The predicted octanol–water partition coefficient (Wildman–Crippen LogP) is 2.26. The van der Waals surface area contributed by atoms with E-state index in [1.807, 2.05) is 6.20 Å². The minimum Gasteiger partial charge on any atom is -0.368 e. The van der Waals surface area contributed by atoms with Crippen molar-refractivity contribution >= 4 is 17.5 Å². The second-order valence-corrected chi connectivity index (χ2v) is 5.74. The number of benzene rings is 1. The lowest BCUT2D eigenvalue weighted by Crippen LogP contribution is -2.47. The van der Waals surface area contributed by atoms with Crippen molar-refractivity contribution in [1.82, 2.24) is 9.97 Å². The first-order valence-electron chi connectivity index (χ1n) is 7.85. The van der Waals surface area contributed by atoms with Crippen molar-refractivity contribution in [3.63, 3.8) is 0 Å². The van der Waals surface area contributed by atoms with Crippen molar-refractivity contribution in [3.8, 4) is 0 Å². The molecular weight excluding hydrogens is 274 g/mol. The molecule has 0 saturated carbocycles. The molecule has 2 N–H and O–H groups in total. The zero-order valence-electron chi connectivity index (χ0n) is 13.3. The summed E-state index contributed by atoms with van der Waals surface area (Å²) in [6.07, 6.45) is 2.78. The Morgan fingerprint density at radius 3 is 2.32 bits per heavy atom. The van der Waals surface area contributed by atoms with E-state index in [0.717, 1.165) is 44.0 Å². The minimum absolute atomic E-state index is 0.355. The van der Waals surface area contributed by atoms with Crippen LogP contribution in [-0.2, 0) is 6.42 Å². The molecule has 1 aliphatic heterocycles. The standard InChI is InChI=1S/C17H23N5/c1-3-14-12-19-17(18)20-16(14)22-10-8-21(9-11-22)15-6-4-13(2)5-7-15/h4-7,12H,3,8-11H2,1-2H3,(H2,18,19,20). The highest BCUT2D eigenvalue weighted by molar-refractivity contribution is 5.53. The molecule has 1 aromatic carbocycles. The first-order chi connectivity index (χ1) is 10.7. The van der Waals surface area contributed by atoms with Crippen molar-refractivity contribution in [2.24, 2.45) is 0 Å². The van der Waals surface area contributed by atoms with Gasteiger partial charge < -0.3 is 15.5 Å². The number of aromatic nitrogens is 2. The molecule has 5 nitrogen and oxygen atoms in total. The van der Waals surface area contributed by atoms with Gasteiger partial charge in [0.15, 0.2) is 0 Å². The number of hydrogen-bond donors (Lipinski definition) is 1. The molecule has 3 rings (SSSR count). The minimum atomic E-state index is 0.355. The highest BCUT2D eigenvalue weighted by atomic mass is 15.3. The van der Waals surface area contributed by atoms with E-state index in [2.05, 4.69) is 57.9 Å². The molecule has 0 amide bonds. The molecule has 1 aromatic heterocycles. The van der Waals surface area contributed by atoms with Gasteiger partial charge in [0, 0.05) is 43.6 Å². The normalized spacial score (nSPS) is 15.2. The van der Waals surface area contributed by atoms with Gasteiger partial charge in [0.25, 0.3) is 0 Å². The van der Waals surface area contributed by atoms with Gasteiger partial charge in [-0.15, -0.1) is 0 Å². The summed E-state index contributed by atoms with van der Waals surface area (Å²) < 4.78 is 0. The molecule has 1 aliphatic rings. The molecule has 1 saturated heterocycles. The summed E-state index contributed by atoms with van der Waals surface area (Å²) >= 11 is 0. The van der Waals surface area contributed by atoms with E-state index in [1.165, 1.54) is 11.3 Å². The van der Waals surface area contributed by atoms with Crippen LogP contribution in [0.2, 0.25) is 0 Å². The average Bonchev–Trinajstić information content (AvgIpc) is 2.56. The molecule has 116 valence electrons. The van der Waals surface area contributed by atoms with E-state index in [9.17, 15) is 0 Å². The Morgan fingerprint density at radius 2 is 1.68 bits per heavy atom. The van der Waals surface area contributed by atoms with E-state index in [-0.39, 0.29) is 0 Å². The predicted molar refractivity (Wildman–Crippen MR) is 91.4 cm³/mol. The highest BCUT2D eigenvalue weighted by Crippen LogP contribution is 2.23.